The number of carbonyl (C=O) groups is 1. The Kier molecular flexibility index (Phi) is 5.95. The molecule has 3 aromatic carbocycles. The average Bonchev–Trinajstić information content (AvgIpc) is 2.77. The van der Waals surface area contributed by atoms with Gasteiger partial charge in [-0.1, -0.05) is 72.8 Å². The van der Waals surface area contributed by atoms with Gasteiger partial charge in [0.15, 0.2) is 5.82 Å². The van der Waals surface area contributed by atoms with Gasteiger partial charge in [-0.05, 0) is 40.3 Å². The zero-order valence-corrected chi connectivity index (χ0v) is 17.7. The van der Waals surface area contributed by atoms with Crippen molar-refractivity contribution in [3.05, 3.63) is 100 Å². The zero-order chi connectivity index (χ0) is 20.1. The van der Waals surface area contributed by atoms with Crippen molar-refractivity contribution in [3.8, 4) is 22.5 Å². The first-order valence-electron chi connectivity index (χ1n) is 9.21. The molecule has 0 spiro atoms. The Labute approximate surface area is 183 Å². The van der Waals surface area contributed by atoms with Crippen molar-refractivity contribution in [2.75, 3.05) is 5.32 Å². The first kappa shape index (κ1) is 19.3. The summed E-state index contributed by atoms with van der Waals surface area (Å²) in [5.41, 5.74) is 4.26. The highest BCUT2D eigenvalue weighted by Crippen LogP contribution is 2.27. The molecule has 0 aliphatic heterocycles. The Morgan fingerprint density at radius 3 is 2.10 bits per heavy atom. The first-order chi connectivity index (χ1) is 14.2. The number of anilines is 1. The fraction of sp³-hybridized carbons (Fsp3) is 0.0417. The highest BCUT2D eigenvalue weighted by atomic mass is 127. The van der Waals surface area contributed by atoms with E-state index in [9.17, 15) is 4.79 Å². The van der Waals surface area contributed by atoms with E-state index in [1.165, 1.54) is 0 Å². The number of hydrogen-bond donors (Lipinski definition) is 1. The van der Waals surface area contributed by atoms with Crippen LogP contribution in [0.15, 0.2) is 91.1 Å². The van der Waals surface area contributed by atoms with E-state index in [0.717, 1.165) is 26.0 Å². The summed E-state index contributed by atoms with van der Waals surface area (Å²) >= 11 is 2.25. The summed E-state index contributed by atoms with van der Waals surface area (Å²) in [4.78, 5) is 22.0. The Morgan fingerprint density at radius 1 is 0.828 bits per heavy atom. The molecule has 0 atom stereocenters. The molecule has 1 N–H and O–H groups in total. The predicted molar refractivity (Wildman–Crippen MR) is 124 cm³/mol. The zero-order valence-electron chi connectivity index (χ0n) is 15.5. The van der Waals surface area contributed by atoms with Gasteiger partial charge in [0.2, 0.25) is 5.91 Å². The Balaban J connectivity index is 1.65. The Hall–Kier alpha value is -3.06. The average molecular weight is 491 g/mol. The molecule has 0 saturated heterocycles. The van der Waals surface area contributed by atoms with E-state index in [1.54, 1.807) is 6.20 Å². The fourth-order valence-electron chi connectivity index (χ4n) is 2.99. The summed E-state index contributed by atoms with van der Waals surface area (Å²) < 4.78 is 1.14. The van der Waals surface area contributed by atoms with Gasteiger partial charge in [0.1, 0.15) is 5.69 Å². The molecule has 0 aliphatic rings. The lowest BCUT2D eigenvalue weighted by Crippen LogP contribution is -2.16. The monoisotopic (exact) mass is 491 g/mol. The van der Waals surface area contributed by atoms with Crippen LogP contribution in [0, 0.1) is 3.57 Å². The number of aromatic nitrogens is 2. The van der Waals surface area contributed by atoms with Crippen LogP contribution in [0.2, 0.25) is 0 Å². The lowest BCUT2D eigenvalue weighted by molar-refractivity contribution is -0.115. The van der Waals surface area contributed by atoms with Crippen LogP contribution in [-0.2, 0) is 11.2 Å². The Morgan fingerprint density at radius 2 is 1.45 bits per heavy atom. The third kappa shape index (κ3) is 4.86. The van der Waals surface area contributed by atoms with E-state index in [2.05, 4.69) is 32.9 Å². The minimum absolute atomic E-state index is 0.120. The van der Waals surface area contributed by atoms with Crippen LogP contribution in [0.3, 0.4) is 0 Å². The molecule has 1 heterocycles. The third-order valence-electron chi connectivity index (χ3n) is 4.43. The highest BCUT2D eigenvalue weighted by Gasteiger charge is 2.14. The third-order valence-corrected chi connectivity index (χ3v) is 5.14. The van der Waals surface area contributed by atoms with E-state index in [4.69, 9.17) is 4.98 Å². The second-order valence-electron chi connectivity index (χ2n) is 6.54. The van der Waals surface area contributed by atoms with E-state index >= 15 is 0 Å². The predicted octanol–water partition coefficient (Wildman–Crippen LogP) is 5.60. The summed E-state index contributed by atoms with van der Waals surface area (Å²) in [6.07, 6.45) is 1.98. The molecule has 0 saturated carbocycles. The molecule has 29 heavy (non-hydrogen) atoms. The number of halogens is 1. The Bertz CT molecular complexity index is 1110. The maximum atomic E-state index is 12.6. The number of benzene rings is 3. The van der Waals surface area contributed by atoms with Crippen molar-refractivity contribution in [1.29, 1.82) is 0 Å². The lowest BCUT2D eigenvalue weighted by atomic mass is 10.1. The van der Waals surface area contributed by atoms with Gasteiger partial charge in [0.05, 0.1) is 18.3 Å². The molecule has 5 heteroatoms. The van der Waals surface area contributed by atoms with Gasteiger partial charge in [0.25, 0.3) is 0 Å². The van der Waals surface area contributed by atoms with Crippen molar-refractivity contribution < 1.29 is 4.79 Å². The van der Waals surface area contributed by atoms with Gasteiger partial charge in [-0.15, -0.1) is 0 Å². The minimum Gasteiger partial charge on any atom is -0.309 e. The summed E-state index contributed by atoms with van der Waals surface area (Å²) in [6, 6.07) is 27.6. The fourth-order valence-corrected chi connectivity index (χ4v) is 3.35. The van der Waals surface area contributed by atoms with E-state index in [1.807, 2.05) is 84.9 Å². The van der Waals surface area contributed by atoms with Crippen molar-refractivity contribution in [1.82, 2.24) is 9.97 Å². The van der Waals surface area contributed by atoms with E-state index in [0.29, 0.717) is 11.5 Å². The molecule has 1 aromatic heterocycles. The van der Waals surface area contributed by atoms with Gasteiger partial charge in [-0.2, -0.15) is 0 Å². The molecule has 4 rings (SSSR count). The second kappa shape index (κ2) is 8.96. The number of nitrogens with one attached hydrogen (secondary N) is 1. The molecule has 1 amide bonds. The molecule has 4 nitrogen and oxygen atoms in total. The van der Waals surface area contributed by atoms with Crippen LogP contribution in [0.5, 0.6) is 0 Å². The van der Waals surface area contributed by atoms with Crippen LogP contribution >= 0.6 is 22.6 Å². The number of amides is 1. The molecule has 0 fully saturated rings. The summed E-state index contributed by atoms with van der Waals surface area (Å²) in [5, 5.41) is 2.94. The summed E-state index contributed by atoms with van der Waals surface area (Å²) in [6.45, 7) is 0. The molecule has 0 radical (unpaired) electrons. The van der Waals surface area contributed by atoms with Crippen LogP contribution in [0.25, 0.3) is 22.5 Å². The standard InChI is InChI=1S/C24H18IN3O/c25-20-13-11-17(12-14-20)15-22(29)28-24-23(19-9-5-2-6-10-19)27-21(16-26-24)18-7-3-1-4-8-18/h1-14,16H,15H2,(H,26,28,29). The minimum atomic E-state index is -0.120. The van der Waals surface area contributed by atoms with Crippen molar-refractivity contribution in [2.24, 2.45) is 0 Å². The van der Waals surface area contributed by atoms with Crippen molar-refractivity contribution in [3.63, 3.8) is 0 Å². The second-order valence-corrected chi connectivity index (χ2v) is 7.78. The number of rotatable bonds is 5. The van der Waals surface area contributed by atoms with Crippen molar-refractivity contribution in [2.45, 2.75) is 6.42 Å². The highest BCUT2D eigenvalue weighted by molar-refractivity contribution is 14.1. The number of hydrogen-bond acceptors (Lipinski definition) is 3. The smallest absolute Gasteiger partial charge is 0.230 e. The summed E-state index contributed by atoms with van der Waals surface area (Å²) in [7, 11) is 0. The quantitative estimate of drug-likeness (QED) is 0.370. The molecule has 4 aromatic rings. The summed E-state index contributed by atoms with van der Waals surface area (Å²) in [5.74, 6) is 0.344. The van der Waals surface area contributed by atoms with Crippen LogP contribution < -0.4 is 5.32 Å². The SMILES string of the molecule is O=C(Cc1ccc(I)cc1)Nc1ncc(-c2ccccc2)nc1-c1ccccc1. The van der Waals surface area contributed by atoms with Gasteiger partial charge < -0.3 is 5.32 Å². The maximum Gasteiger partial charge on any atom is 0.230 e. The van der Waals surface area contributed by atoms with E-state index in [-0.39, 0.29) is 12.3 Å². The van der Waals surface area contributed by atoms with Gasteiger partial charge in [-0.3, -0.25) is 4.79 Å². The molecular formula is C24H18IN3O. The van der Waals surface area contributed by atoms with Gasteiger partial charge in [0, 0.05) is 14.7 Å². The van der Waals surface area contributed by atoms with Crippen molar-refractivity contribution >= 4 is 34.3 Å². The van der Waals surface area contributed by atoms with Crippen LogP contribution in [0.4, 0.5) is 5.82 Å². The van der Waals surface area contributed by atoms with Crippen LogP contribution in [-0.4, -0.2) is 15.9 Å². The van der Waals surface area contributed by atoms with E-state index < -0.39 is 0 Å². The molecule has 0 aliphatic carbocycles. The molecule has 142 valence electrons. The first-order valence-corrected chi connectivity index (χ1v) is 10.3. The number of nitrogens with zero attached hydrogens (tertiary/aromatic N) is 2. The van der Waals surface area contributed by atoms with Crippen LogP contribution in [0.1, 0.15) is 5.56 Å². The molecular weight excluding hydrogens is 473 g/mol. The largest absolute Gasteiger partial charge is 0.309 e. The molecule has 0 unspecified atom stereocenters. The number of carbonyl (C=O) groups excluding carboxylic acids is 1. The normalized spacial score (nSPS) is 10.5. The van der Waals surface area contributed by atoms with Gasteiger partial charge in [-0.25, -0.2) is 9.97 Å². The molecule has 0 bridgehead atoms. The lowest BCUT2D eigenvalue weighted by Gasteiger charge is -2.12. The topological polar surface area (TPSA) is 54.9 Å². The maximum absolute atomic E-state index is 12.6. The van der Waals surface area contributed by atoms with Gasteiger partial charge >= 0.3 is 0 Å².